The predicted octanol–water partition coefficient (Wildman–Crippen LogP) is 0.663. The van der Waals surface area contributed by atoms with Gasteiger partial charge in [-0.3, -0.25) is 15.0 Å². The van der Waals surface area contributed by atoms with Gasteiger partial charge >= 0.3 is 6.03 Å². The molecule has 23 heavy (non-hydrogen) atoms. The van der Waals surface area contributed by atoms with Crippen LogP contribution in [0.4, 0.5) is 10.5 Å². The molecule has 1 aromatic carbocycles. The number of nitrogens with zero attached hydrogens (tertiary/aromatic N) is 2. The zero-order valence-electron chi connectivity index (χ0n) is 13.7. The fourth-order valence-corrected chi connectivity index (χ4v) is 2.61. The molecule has 7 nitrogen and oxygen atoms in total. The highest BCUT2D eigenvalue weighted by molar-refractivity contribution is 5.95. The number of hydrogen-bond donors (Lipinski definition) is 2. The van der Waals surface area contributed by atoms with Gasteiger partial charge in [-0.1, -0.05) is 12.1 Å². The van der Waals surface area contributed by atoms with E-state index in [4.69, 9.17) is 4.74 Å². The molecule has 1 aliphatic rings. The molecule has 1 aromatic rings. The molecule has 0 radical (unpaired) electrons. The van der Waals surface area contributed by atoms with Crippen LogP contribution < -0.4 is 20.3 Å². The molecule has 126 valence electrons. The Morgan fingerprint density at radius 1 is 1.17 bits per heavy atom. The molecule has 0 bridgehead atoms. The Morgan fingerprint density at radius 3 is 2.52 bits per heavy atom. The maximum Gasteiger partial charge on any atom is 0.321 e. The van der Waals surface area contributed by atoms with Gasteiger partial charge in [-0.25, -0.2) is 4.79 Å². The Hall–Kier alpha value is -2.28. The van der Waals surface area contributed by atoms with Gasteiger partial charge in [0, 0.05) is 32.7 Å². The number of ether oxygens (including phenoxy) is 1. The van der Waals surface area contributed by atoms with Crippen LogP contribution in [-0.4, -0.2) is 63.2 Å². The molecule has 2 N–H and O–H groups in total. The van der Waals surface area contributed by atoms with Crippen LogP contribution in [0.25, 0.3) is 0 Å². The number of urea groups is 1. The second kappa shape index (κ2) is 8.38. The molecule has 0 aliphatic carbocycles. The van der Waals surface area contributed by atoms with Gasteiger partial charge in [0.1, 0.15) is 5.75 Å². The third kappa shape index (κ3) is 4.85. The molecule has 1 saturated heterocycles. The Labute approximate surface area is 136 Å². The number of imide groups is 1. The van der Waals surface area contributed by atoms with Crippen LogP contribution in [0.15, 0.2) is 24.3 Å². The van der Waals surface area contributed by atoms with Crippen molar-refractivity contribution in [3.8, 4) is 5.75 Å². The summed E-state index contributed by atoms with van der Waals surface area (Å²) in [7, 11) is 1.67. The Morgan fingerprint density at radius 2 is 1.87 bits per heavy atom. The average Bonchev–Trinajstić information content (AvgIpc) is 2.55. The van der Waals surface area contributed by atoms with Crippen molar-refractivity contribution in [3.05, 3.63) is 24.3 Å². The highest BCUT2D eigenvalue weighted by Crippen LogP contribution is 2.28. The number of para-hydroxylation sites is 2. The summed E-state index contributed by atoms with van der Waals surface area (Å²) in [6, 6.07) is 7.48. The van der Waals surface area contributed by atoms with Crippen molar-refractivity contribution in [2.45, 2.75) is 6.92 Å². The van der Waals surface area contributed by atoms with Crippen LogP contribution in [0, 0.1) is 0 Å². The summed E-state index contributed by atoms with van der Waals surface area (Å²) in [4.78, 5) is 27.4. The molecule has 7 heteroatoms. The quantitative estimate of drug-likeness (QED) is 0.834. The Balaban J connectivity index is 1.82. The second-order valence-corrected chi connectivity index (χ2v) is 5.34. The average molecular weight is 320 g/mol. The topological polar surface area (TPSA) is 73.9 Å². The number of rotatable bonds is 5. The number of nitrogens with one attached hydrogen (secondary N) is 2. The molecule has 1 fully saturated rings. The monoisotopic (exact) mass is 320 g/mol. The van der Waals surface area contributed by atoms with Crippen LogP contribution in [0.3, 0.4) is 0 Å². The molecular formula is C16H24N4O3. The van der Waals surface area contributed by atoms with Gasteiger partial charge in [0.05, 0.1) is 19.3 Å². The van der Waals surface area contributed by atoms with E-state index in [0.29, 0.717) is 6.54 Å². The normalized spacial score (nSPS) is 15.1. The minimum atomic E-state index is -0.440. The van der Waals surface area contributed by atoms with Crippen molar-refractivity contribution < 1.29 is 14.3 Å². The second-order valence-electron chi connectivity index (χ2n) is 5.34. The highest BCUT2D eigenvalue weighted by Gasteiger charge is 2.21. The van der Waals surface area contributed by atoms with Gasteiger partial charge in [0.25, 0.3) is 0 Å². The van der Waals surface area contributed by atoms with Gasteiger partial charge in [0.2, 0.25) is 5.91 Å². The minimum absolute atomic E-state index is 0.233. The van der Waals surface area contributed by atoms with E-state index < -0.39 is 6.03 Å². The fraction of sp³-hybridized carbons (Fsp3) is 0.500. The van der Waals surface area contributed by atoms with E-state index in [1.54, 1.807) is 14.0 Å². The smallest absolute Gasteiger partial charge is 0.321 e. The van der Waals surface area contributed by atoms with E-state index in [2.05, 4.69) is 15.5 Å². The number of anilines is 1. The lowest BCUT2D eigenvalue weighted by Gasteiger charge is -2.36. The summed E-state index contributed by atoms with van der Waals surface area (Å²) in [5.74, 6) is 0.580. The third-order valence-electron chi connectivity index (χ3n) is 3.76. The molecule has 0 aromatic heterocycles. The Kier molecular flexibility index (Phi) is 6.22. The van der Waals surface area contributed by atoms with Crippen molar-refractivity contribution in [1.29, 1.82) is 0 Å². The van der Waals surface area contributed by atoms with Crippen molar-refractivity contribution in [2.75, 3.05) is 51.3 Å². The van der Waals surface area contributed by atoms with Gasteiger partial charge in [-0.15, -0.1) is 0 Å². The van der Waals surface area contributed by atoms with Gasteiger partial charge < -0.3 is 15.0 Å². The molecule has 1 aliphatic heterocycles. The SMILES string of the molecule is CCNC(=O)NC(=O)CN1CCN(c2ccccc2OC)CC1. The number of piperazine rings is 1. The van der Waals surface area contributed by atoms with E-state index in [0.717, 1.165) is 37.6 Å². The van der Waals surface area contributed by atoms with Crippen molar-refractivity contribution >= 4 is 17.6 Å². The van der Waals surface area contributed by atoms with E-state index in [1.807, 2.05) is 29.2 Å². The third-order valence-corrected chi connectivity index (χ3v) is 3.76. The van der Waals surface area contributed by atoms with Crippen LogP contribution in [-0.2, 0) is 4.79 Å². The molecule has 3 amide bonds. The lowest BCUT2D eigenvalue weighted by Crippen LogP contribution is -2.51. The predicted molar refractivity (Wildman–Crippen MR) is 88.9 cm³/mol. The molecule has 0 atom stereocenters. The fourth-order valence-electron chi connectivity index (χ4n) is 2.61. The number of benzene rings is 1. The molecule has 2 rings (SSSR count). The molecule has 1 heterocycles. The van der Waals surface area contributed by atoms with E-state index in [1.165, 1.54) is 0 Å². The summed E-state index contributed by atoms with van der Waals surface area (Å²) in [6.45, 7) is 5.69. The highest BCUT2D eigenvalue weighted by atomic mass is 16.5. The lowest BCUT2D eigenvalue weighted by molar-refractivity contribution is -0.121. The van der Waals surface area contributed by atoms with Crippen molar-refractivity contribution in [2.24, 2.45) is 0 Å². The maximum atomic E-state index is 11.8. The van der Waals surface area contributed by atoms with Crippen LogP contribution in [0.5, 0.6) is 5.75 Å². The molecule has 0 unspecified atom stereocenters. The van der Waals surface area contributed by atoms with E-state index >= 15 is 0 Å². The Bertz CT molecular complexity index is 542. The summed E-state index contributed by atoms with van der Waals surface area (Å²) < 4.78 is 5.39. The number of hydrogen-bond acceptors (Lipinski definition) is 5. The van der Waals surface area contributed by atoms with E-state index in [9.17, 15) is 9.59 Å². The number of carbonyl (C=O) groups is 2. The maximum absolute atomic E-state index is 11.8. The summed E-state index contributed by atoms with van der Waals surface area (Å²) in [6.07, 6.45) is 0. The van der Waals surface area contributed by atoms with Crippen molar-refractivity contribution in [1.82, 2.24) is 15.5 Å². The largest absolute Gasteiger partial charge is 0.495 e. The van der Waals surface area contributed by atoms with Gasteiger partial charge in [-0.2, -0.15) is 0 Å². The van der Waals surface area contributed by atoms with Crippen LogP contribution in [0.2, 0.25) is 0 Å². The first-order valence-electron chi connectivity index (χ1n) is 7.82. The first-order valence-corrected chi connectivity index (χ1v) is 7.82. The molecular weight excluding hydrogens is 296 g/mol. The summed E-state index contributed by atoms with van der Waals surface area (Å²) >= 11 is 0. The van der Waals surface area contributed by atoms with Crippen LogP contribution in [0.1, 0.15) is 6.92 Å². The van der Waals surface area contributed by atoms with Gasteiger partial charge in [-0.05, 0) is 19.1 Å². The first kappa shape index (κ1) is 17.1. The number of carbonyl (C=O) groups excluding carboxylic acids is 2. The molecule has 0 saturated carbocycles. The summed E-state index contributed by atoms with van der Waals surface area (Å²) in [5, 5.41) is 4.87. The zero-order valence-corrected chi connectivity index (χ0v) is 13.7. The van der Waals surface area contributed by atoms with E-state index in [-0.39, 0.29) is 12.5 Å². The number of methoxy groups -OCH3 is 1. The summed E-state index contributed by atoms with van der Waals surface area (Å²) in [5.41, 5.74) is 1.07. The standard InChI is InChI=1S/C16H24N4O3/c1-3-17-16(22)18-15(21)12-19-8-10-20(11-9-19)13-6-4-5-7-14(13)23-2/h4-7H,3,8-12H2,1-2H3,(H2,17,18,21,22). The van der Waals surface area contributed by atoms with Crippen molar-refractivity contribution in [3.63, 3.8) is 0 Å². The number of amides is 3. The lowest BCUT2D eigenvalue weighted by atomic mass is 10.2. The van der Waals surface area contributed by atoms with Gasteiger partial charge in [0.15, 0.2) is 0 Å². The van der Waals surface area contributed by atoms with Crippen LogP contribution >= 0.6 is 0 Å². The minimum Gasteiger partial charge on any atom is -0.495 e. The zero-order chi connectivity index (χ0) is 16.7. The molecule has 0 spiro atoms. The first-order chi connectivity index (χ1) is 11.1.